The molecule has 20 nitrogen and oxygen atoms in total. The first kappa shape index (κ1) is 76.0. The Bertz CT molecular complexity index is 3080. The Balaban J connectivity index is 0.000000373. The van der Waals surface area contributed by atoms with E-state index >= 15 is 0 Å². The number of halogens is 10. The van der Waals surface area contributed by atoms with E-state index in [0.29, 0.717) is 35.5 Å². The molecule has 5 aromatic rings. The van der Waals surface area contributed by atoms with Crippen LogP contribution in [0, 0.1) is 12.7 Å². The Kier molecular flexibility index (Phi) is 31.9. The number of aliphatic carboxylic acids is 1. The first-order valence-corrected chi connectivity index (χ1v) is 31.3. The van der Waals surface area contributed by atoms with Gasteiger partial charge in [0.2, 0.25) is 23.1 Å². The topological polar surface area (TPSA) is 267 Å². The molecular formula is C54H71BrCl5F4N10O10P. The number of carbonyl (C=O) groups excluding carboxylic acids is 3. The highest BCUT2D eigenvalue weighted by Gasteiger charge is 2.39. The van der Waals surface area contributed by atoms with Gasteiger partial charge in [-0.25, -0.2) is 9.18 Å². The van der Waals surface area contributed by atoms with Crippen molar-refractivity contribution in [3.63, 3.8) is 0 Å². The molecule has 0 saturated heterocycles. The lowest BCUT2D eigenvalue weighted by atomic mass is 10.0. The summed E-state index contributed by atoms with van der Waals surface area (Å²) in [6.45, 7) is 20.0. The summed E-state index contributed by atoms with van der Waals surface area (Å²) in [7, 11) is -0.383. The lowest BCUT2D eigenvalue weighted by molar-refractivity contribution is -0.144. The van der Waals surface area contributed by atoms with Crippen LogP contribution >= 0.6 is 81.3 Å². The molecular weight excluding hydrogens is 1310 g/mol. The number of amides is 2. The zero-order chi connectivity index (χ0) is 64.8. The number of aromatic nitrogens is 5. The number of nitrogens with one attached hydrogen (secondary N) is 2. The largest absolute Gasteiger partial charge is 0.489 e. The number of nitrogens with two attached hydrogens (primary N) is 1. The number of alkyl halides is 6. The summed E-state index contributed by atoms with van der Waals surface area (Å²) in [5.74, 6) is -1.62. The summed E-state index contributed by atoms with van der Waals surface area (Å²) in [5.41, 5.74) is 7.16. The second kappa shape index (κ2) is 35.7. The fourth-order valence-electron chi connectivity index (χ4n) is 7.62. The fourth-order valence-corrected chi connectivity index (χ4v) is 9.88. The second-order valence-electron chi connectivity index (χ2n) is 19.3. The molecule has 4 unspecified atom stereocenters. The number of carbonyl (C=O) groups is 4. The average Bonchev–Trinajstić information content (AvgIpc) is 3.72. The average molecular weight is 1380 g/mol. The molecule has 2 amide bonds. The predicted octanol–water partition coefficient (Wildman–Crippen LogP) is 12.5. The Hall–Kier alpha value is -5.08. The summed E-state index contributed by atoms with van der Waals surface area (Å²) in [6, 6.07) is 14.4. The molecule has 1 aliphatic rings. The van der Waals surface area contributed by atoms with Crippen LogP contribution in [0.2, 0.25) is 10.3 Å². The van der Waals surface area contributed by atoms with E-state index in [2.05, 4.69) is 59.6 Å². The summed E-state index contributed by atoms with van der Waals surface area (Å²) in [6.07, 6.45) is -4.26. The van der Waals surface area contributed by atoms with Gasteiger partial charge >= 0.3 is 18.1 Å². The van der Waals surface area contributed by atoms with Crippen molar-refractivity contribution in [3.05, 3.63) is 97.6 Å². The molecule has 472 valence electrons. The van der Waals surface area contributed by atoms with Crippen molar-refractivity contribution in [1.82, 2.24) is 24.7 Å². The zero-order valence-corrected chi connectivity index (χ0v) is 55.0. The van der Waals surface area contributed by atoms with Crippen LogP contribution in [0.4, 0.5) is 40.8 Å². The Labute approximate surface area is 525 Å². The van der Waals surface area contributed by atoms with E-state index in [-0.39, 0.29) is 75.5 Å². The first-order valence-electron chi connectivity index (χ1n) is 26.0. The van der Waals surface area contributed by atoms with Gasteiger partial charge in [0.1, 0.15) is 35.8 Å². The number of aryl methyl sites for hydroxylation is 3. The summed E-state index contributed by atoms with van der Waals surface area (Å²) in [4.78, 5) is 69.3. The van der Waals surface area contributed by atoms with E-state index in [1.807, 2.05) is 77.9 Å². The third kappa shape index (κ3) is 24.2. The van der Waals surface area contributed by atoms with E-state index in [1.54, 1.807) is 30.8 Å². The predicted molar refractivity (Wildman–Crippen MR) is 330 cm³/mol. The molecule has 1 aliphatic heterocycles. The van der Waals surface area contributed by atoms with E-state index in [1.165, 1.54) is 6.66 Å². The molecule has 0 aliphatic carbocycles. The van der Waals surface area contributed by atoms with Gasteiger partial charge in [0.25, 0.3) is 5.91 Å². The van der Waals surface area contributed by atoms with E-state index in [4.69, 9.17) is 87.9 Å². The Morgan fingerprint density at radius 2 is 1.64 bits per heavy atom. The number of esters is 1. The molecule has 0 spiro atoms. The van der Waals surface area contributed by atoms with E-state index < -0.39 is 58.4 Å². The van der Waals surface area contributed by atoms with Crippen LogP contribution in [0.3, 0.4) is 0 Å². The molecule has 0 saturated carbocycles. The molecule has 85 heavy (non-hydrogen) atoms. The molecule has 0 radical (unpaired) electrons. The van der Waals surface area contributed by atoms with Crippen molar-refractivity contribution >= 4 is 128 Å². The maximum Gasteiger partial charge on any atom is 0.434 e. The Morgan fingerprint density at radius 3 is 2.15 bits per heavy atom. The van der Waals surface area contributed by atoms with Gasteiger partial charge < -0.3 is 50.4 Å². The number of hydrogen-bond donors (Lipinski definition) is 5. The van der Waals surface area contributed by atoms with Crippen molar-refractivity contribution in [2.75, 3.05) is 66.0 Å². The number of methoxy groups -OCH3 is 1. The number of anilines is 4. The number of ether oxygens (including phenoxy) is 3. The van der Waals surface area contributed by atoms with Crippen LogP contribution in [0.1, 0.15) is 89.0 Å². The number of carboxylic acid groups (broad SMARTS) is 1. The minimum absolute atomic E-state index is 0.0223. The van der Waals surface area contributed by atoms with E-state index in [9.17, 15) is 41.3 Å². The van der Waals surface area contributed by atoms with Crippen molar-refractivity contribution in [1.29, 1.82) is 0 Å². The highest BCUT2D eigenvalue weighted by Crippen LogP contribution is 2.42. The highest BCUT2D eigenvalue weighted by atomic mass is 79.9. The fraction of sp³-hybridized carbons (Fsp3) is 0.481. The molecule has 3 heterocycles. The van der Waals surface area contributed by atoms with Gasteiger partial charge in [-0.2, -0.15) is 33.2 Å². The molecule has 3 aromatic carbocycles. The number of para-hydroxylation sites is 3. The number of nitrogens with zero attached hydrogens (tertiary/aromatic N) is 7. The number of hydrogen-bond acceptors (Lipinski definition) is 15. The van der Waals surface area contributed by atoms with Crippen molar-refractivity contribution < 1.29 is 65.5 Å². The lowest BCUT2D eigenvalue weighted by Gasteiger charge is -2.35. The van der Waals surface area contributed by atoms with Crippen molar-refractivity contribution in [3.8, 4) is 17.0 Å². The summed E-state index contributed by atoms with van der Waals surface area (Å²) in [5, 5.41) is 18.0. The minimum atomic E-state index is -4.69. The van der Waals surface area contributed by atoms with Crippen LogP contribution in [0.5, 0.6) is 5.75 Å². The molecule has 0 fully saturated rings. The number of benzene rings is 3. The molecule has 2 aromatic heterocycles. The maximum absolute atomic E-state index is 14.3. The summed E-state index contributed by atoms with van der Waals surface area (Å²) >= 11 is 31.4. The van der Waals surface area contributed by atoms with Gasteiger partial charge in [-0.15, -0.1) is 11.6 Å². The third-order valence-corrected chi connectivity index (χ3v) is 14.2. The van der Waals surface area contributed by atoms with Crippen LogP contribution in [0.25, 0.3) is 11.3 Å². The van der Waals surface area contributed by atoms with E-state index in [0.717, 1.165) is 54.6 Å². The van der Waals surface area contributed by atoms with Gasteiger partial charge in [-0.05, 0) is 131 Å². The normalized spacial score (nSPS) is 14.0. The SMILES string of the molecule is CC(C)OC(=O)c1cc(-c2nn(C)c(C(F)(F)F)c2Br)c(F)cc1Cl.CC1COc2ccccc2N1C(=O)C(Cl)Cl.CCNc1nc(Cl)nc(NC(C)C)n1.CCc1cccc(C)c1N(C(=O)CCl)C(C)COC.CP(=O)(O)CCC(N)C(=O)O. The van der Waals surface area contributed by atoms with Gasteiger partial charge in [-0.3, -0.25) is 23.6 Å². The molecule has 4 atom stereocenters. The Morgan fingerprint density at radius 1 is 1.01 bits per heavy atom. The van der Waals surface area contributed by atoms with Gasteiger partial charge in [0.15, 0.2) is 17.9 Å². The van der Waals surface area contributed by atoms with Crippen molar-refractivity contribution in [2.24, 2.45) is 12.8 Å². The zero-order valence-electron chi connectivity index (χ0n) is 48.7. The highest BCUT2D eigenvalue weighted by molar-refractivity contribution is 9.10. The summed E-state index contributed by atoms with van der Waals surface area (Å²) < 4.78 is 80.0. The van der Waals surface area contributed by atoms with Crippen LogP contribution < -0.4 is 30.9 Å². The number of carboxylic acids is 1. The van der Waals surface area contributed by atoms with Gasteiger partial charge in [0, 0.05) is 45.1 Å². The van der Waals surface area contributed by atoms with Crippen LogP contribution in [-0.4, -0.2) is 139 Å². The molecule has 6 N–H and O–H groups in total. The molecule has 31 heteroatoms. The monoisotopic (exact) mass is 1380 g/mol. The maximum atomic E-state index is 14.3. The first-order chi connectivity index (χ1) is 39.5. The van der Waals surface area contributed by atoms with Crippen molar-refractivity contribution in [2.45, 2.75) is 116 Å². The van der Waals surface area contributed by atoms with Gasteiger partial charge in [0.05, 0.1) is 51.2 Å². The molecule has 6 rings (SSSR count). The number of fused-ring (bicyclic) bond motifs is 1. The quantitative estimate of drug-likeness (QED) is 0.0236. The third-order valence-electron chi connectivity index (χ3n) is 11.3. The lowest BCUT2D eigenvalue weighted by Crippen LogP contribution is -2.47. The smallest absolute Gasteiger partial charge is 0.434 e. The number of rotatable bonds is 18. The minimum Gasteiger partial charge on any atom is -0.489 e. The molecule has 0 bridgehead atoms. The van der Waals surface area contributed by atoms with Crippen LogP contribution in [0.15, 0.2) is 59.1 Å². The second-order valence-corrected chi connectivity index (χ2v) is 24.7. The van der Waals surface area contributed by atoms with Gasteiger partial charge in [-0.1, -0.05) is 72.1 Å². The standard InChI is InChI=1S/C15H12BrClF4N2O2.C15H22ClNO2.C11H11Cl2NO2.C8H14ClN5.C5H12NO4P/c1-6(2)25-14(24)7-4-8(10(18)5-9(7)17)12-11(16)13(15(19,20)21)23(3)22-12;1-5-13-8-6-7-11(2)15(13)17(14(18)9-16)12(3)10-19-4;1-7-6-16-9-5-3-2-4-8(9)14(7)11(15)10(12)13;1-4-10-7-12-6(9)13-8(14-7)11-5(2)3;1-11(9,10)3-2-4(6)5(7)8/h4-6H,1-3H3;6-8,12H,5,9-10H2,1-4H3;2-5,7,10H,6H2,1H3;5H,4H2,1-3H3,(H2,10,11,12,13,14);4H,2-3,6H2,1H3,(H,7,8)(H,9,10). The van der Waals surface area contributed by atoms with Crippen LogP contribution in [-0.2, 0) is 48.1 Å².